The molecule has 11 heteroatoms. The van der Waals surface area contributed by atoms with Gasteiger partial charge in [-0.15, -0.1) is 0 Å². The molecule has 2 aliphatic carbocycles. The summed E-state index contributed by atoms with van der Waals surface area (Å²) in [6.07, 6.45) is 4.05. The Kier molecular flexibility index (Phi) is 10.0. The number of anilines is 2. The molecule has 2 saturated heterocycles. The van der Waals surface area contributed by atoms with Gasteiger partial charge in [0, 0.05) is 69.4 Å². The Hall–Kier alpha value is -5.16. The number of amides is 1. The van der Waals surface area contributed by atoms with Crippen molar-refractivity contribution in [3.05, 3.63) is 124 Å². The standard InChI is InChI=1S/C46H47F3N4O4/c47-32-6-1-29(2-7-32)36-12-5-31-23-34(54)10-13-37(31)43(36)30-3-8-33(9-4-30)51-17-15-28(16-18-51)26-50-19-21-52(22-20-50)45-40(48)25-38-39(44(45)49)27-53(46(38)57)41-14-11-35(55)24-42(41)56/h1-4,6-10,13,23,25,28,36,41,43,54H,5,11-12,14-22,24,26-27H2/t36-,41?,43+/m0/s1. The molecule has 3 atom stereocenters. The maximum absolute atomic E-state index is 16.0. The molecule has 0 radical (unpaired) electrons. The molecule has 1 N–H and O–H groups in total. The zero-order valence-corrected chi connectivity index (χ0v) is 31.9. The second kappa shape index (κ2) is 15.3. The van der Waals surface area contributed by atoms with Gasteiger partial charge in [0.05, 0.1) is 24.6 Å². The molecule has 0 spiro atoms. The molecular weight excluding hydrogens is 730 g/mol. The lowest BCUT2D eigenvalue weighted by molar-refractivity contribution is -0.133. The average molecular weight is 777 g/mol. The normalized spacial score (nSPS) is 23.2. The summed E-state index contributed by atoms with van der Waals surface area (Å²) in [6.45, 7) is 5.00. The van der Waals surface area contributed by atoms with Crippen LogP contribution >= 0.6 is 0 Å². The highest BCUT2D eigenvalue weighted by atomic mass is 19.1. The Morgan fingerprint density at radius 2 is 1.44 bits per heavy atom. The minimum Gasteiger partial charge on any atom is -0.508 e. The minimum atomic E-state index is -0.782. The topological polar surface area (TPSA) is 84.4 Å². The number of fused-ring (bicyclic) bond motifs is 2. The van der Waals surface area contributed by atoms with Crippen molar-refractivity contribution in [2.45, 2.75) is 69.4 Å². The van der Waals surface area contributed by atoms with Gasteiger partial charge in [-0.2, -0.15) is 0 Å². The first kappa shape index (κ1) is 37.4. The Bertz CT molecular complexity index is 2200. The predicted molar refractivity (Wildman–Crippen MR) is 211 cm³/mol. The van der Waals surface area contributed by atoms with Crippen LogP contribution in [0.25, 0.3) is 0 Å². The van der Waals surface area contributed by atoms with Crippen molar-refractivity contribution in [3.63, 3.8) is 0 Å². The van der Waals surface area contributed by atoms with Crippen LogP contribution in [0.5, 0.6) is 5.75 Å². The summed E-state index contributed by atoms with van der Waals surface area (Å²) in [4.78, 5) is 45.3. The summed E-state index contributed by atoms with van der Waals surface area (Å²) >= 11 is 0. The molecule has 5 aliphatic rings. The molecule has 4 aromatic carbocycles. The van der Waals surface area contributed by atoms with E-state index in [1.807, 2.05) is 24.3 Å². The molecule has 0 aromatic heterocycles. The number of aromatic hydroxyl groups is 1. The van der Waals surface area contributed by atoms with Crippen molar-refractivity contribution in [2.75, 3.05) is 55.6 Å². The summed E-state index contributed by atoms with van der Waals surface area (Å²) < 4.78 is 45.3. The van der Waals surface area contributed by atoms with Crippen molar-refractivity contribution in [1.82, 2.24) is 9.80 Å². The number of phenols is 1. The lowest BCUT2D eigenvalue weighted by atomic mass is 9.69. The number of rotatable bonds is 7. The molecular formula is C46H47F3N4O4. The fraction of sp³-hybridized carbons (Fsp3) is 0.413. The molecule has 3 fully saturated rings. The van der Waals surface area contributed by atoms with Gasteiger partial charge in [-0.05, 0) is 109 Å². The molecule has 1 amide bonds. The highest BCUT2D eigenvalue weighted by Gasteiger charge is 2.42. The lowest BCUT2D eigenvalue weighted by Gasteiger charge is -2.40. The SMILES string of the molecule is O=C1CCC(N2Cc3c(cc(F)c(N4CCN(CC5CCN(c6ccc([C@H]7c8ccc(O)cc8CC[C@H]7c7ccc(F)cc7)cc6)CC5)CC4)c3F)C2=O)C(=O)C1. The van der Waals surface area contributed by atoms with E-state index in [9.17, 15) is 23.9 Å². The molecule has 8 nitrogen and oxygen atoms in total. The van der Waals surface area contributed by atoms with E-state index in [-0.39, 0.29) is 77.6 Å². The first-order valence-electron chi connectivity index (χ1n) is 20.4. The number of piperidine rings is 1. The van der Waals surface area contributed by atoms with E-state index in [1.54, 1.807) is 11.0 Å². The van der Waals surface area contributed by atoms with Gasteiger partial charge in [0.15, 0.2) is 11.6 Å². The van der Waals surface area contributed by atoms with E-state index in [0.717, 1.165) is 62.5 Å². The number of ketones is 2. The molecule has 0 bridgehead atoms. The summed E-state index contributed by atoms with van der Waals surface area (Å²) in [6, 6.07) is 21.8. The third-order valence-electron chi connectivity index (χ3n) is 13.3. The number of carbonyl (C=O) groups excluding carboxylic acids is 3. The van der Waals surface area contributed by atoms with E-state index in [4.69, 9.17) is 0 Å². The van der Waals surface area contributed by atoms with E-state index in [1.165, 1.54) is 33.8 Å². The number of phenolic OH excluding ortho intramolecular Hbond substituents is 1. The molecule has 4 aromatic rings. The van der Waals surface area contributed by atoms with Crippen LogP contribution in [0.1, 0.15) is 88.5 Å². The maximum Gasteiger partial charge on any atom is 0.255 e. The van der Waals surface area contributed by atoms with Gasteiger partial charge < -0.3 is 19.8 Å². The summed E-state index contributed by atoms with van der Waals surface area (Å²) in [5.74, 6) is -1.70. The van der Waals surface area contributed by atoms with Crippen LogP contribution in [0, 0.1) is 23.4 Å². The fourth-order valence-electron chi connectivity index (χ4n) is 10.2. The number of hydrogen-bond acceptors (Lipinski definition) is 7. The van der Waals surface area contributed by atoms with Gasteiger partial charge in [0.2, 0.25) is 0 Å². The number of piperazine rings is 1. The van der Waals surface area contributed by atoms with Gasteiger partial charge in [0.1, 0.15) is 28.9 Å². The number of Topliss-reactive ketones (excluding diaryl/α,β-unsaturated/α-hetero) is 2. The van der Waals surface area contributed by atoms with Crippen molar-refractivity contribution >= 4 is 28.8 Å². The van der Waals surface area contributed by atoms with Crippen molar-refractivity contribution in [2.24, 2.45) is 5.92 Å². The zero-order chi connectivity index (χ0) is 39.4. The van der Waals surface area contributed by atoms with Gasteiger partial charge >= 0.3 is 0 Å². The van der Waals surface area contributed by atoms with Crippen LogP contribution in [-0.4, -0.2) is 84.2 Å². The molecule has 3 heterocycles. The zero-order valence-electron chi connectivity index (χ0n) is 31.9. The fourth-order valence-corrected chi connectivity index (χ4v) is 10.2. The molecule has 1 saturated carbocycles. The second-order valence-corrected chi connectivity index (χ2v) is 16.6. The Labute approximate surface area is 330 Å². The number of benzene rings is 4. The smallest absolute Gasteiger partial charge is 0.255 e. The quantitative estimate of drug-likeness (QED) is 0.197. The second-order valence-electron chi connectivity index (χ2n) is 16.6. The maximum atomic E-state index is 16.0. The van der Waals surface area contributed by atoms with Gasteiger partial charge in [-0.25, -0.2) is 13.2 Å². The van der Waals surface area contributed by atoms with Crippen LogP contribution in [0.2, 0.25) is 0 Å². The molecule has 57 heavy (non-hydrogen) atoms. The number of hydrogen-bond donors (Lipinski definition) is 1. The van der Waals surface area contributed by atoms with Crippen molar-refractivity contribution in [3.8, 4) is 5.75 Å². The summed E-state index contributed by atoms with van der Waals surface area (Å²) in [5, 5.41) is 10.2. The molecule has 296 valence electrons. The average Bonchev–Trinajstić information content (AvgIpc) is 3.54. The molecule has 9 rings (SSSR count). The highest BCUT2D eigenvalue weighted by molar-refractivity contribution is 6.07. The first-order chi connectivity index (χ1) is 27.6. The van der Waals surface area contributed by atoms with Crippen LogP contribution in [0.15, 0.2) is 72.8 Å². The Balaban J connectivity index is 0.803. The van der Waals surface area contributed by atoms with E-state index >= 15 is 8.78 Å². The summed E-state index contributed by atoms with van der Waals surface area (Å²) in [7, 11) is 0. The number of aryl methyl sites for hydroxylation is 1. The van der Waals surface area contributed by atoms with Crippen LogP contribution in [-0.2, 0) is 22.6 Å². The molecule has 3 aliphatic heterocycles. The Morgan fingerprint density at radius 3 is 2.16 bits per heavy atom. The van der Waals surface area contributed by atoms with Crippen molar-refractivity contribution < 1.29 is 32.7 Å². The third kappa shape index (κ3) is 7.19. The minimum absolute atomic E-state index is 0.0354. The molecule has 1 unspecified atom stereocenters. The predicted octanol–water partition coefficient (Wildman–Crippen LogP) is 7.36. The summed E-state index contributed by atoms with van der Waals surface area (Å²) in [5.41, 5.74) is 5.87. The van der Waals surface area contributed by atoms with Gasteiger partial charge in [0.25, 0.3) is 5.91 Å². The number of nitrogens with zero attached hydrogens (tertiary/aromatic N) is 4. The van der Waals surface area contributed by atoms with Crippen LogP contribution in [0.4, 0.5) is 24.5 Å². The lowest BCUT2D eigenvalue weighted by Crippen LogP contribution is -2.49. The first-order valence-corrected chi connectivity index (χ1v) is 20.4. The Morgan fingerprint density at radius 1 is 0.719 bits per heavy atom. The number of halogens is 3. The van der Waals surface area contributed by atoms with Gasteiger partial charge in [-0.3, -0.25) is 19.3 Å². The van der Waals surface area contributed by atoms with E-state index in [0.29, 0.717) is 32.1 Å². The van der Waals surface area contributed by atoms with E-state index in [2.05, 4.69) is 34.1 Å². The monoisotopic (exact) mass is 776 g/mol. The highest BCUT2D eigenvalue weighted by Crippen LogP contribution is 2.47. The van der Waals surface area contributed by atoms with Crippen molar-refractivity contribution in [1.29, 1.82) is 0 Å². The van der Waals surface area contributed by atoms with Gasteiger partial charge in [-0.1, -0.05) is 30.3 Å². The van der Waals surface area contributed by atoms with Crippen LogP contribution in [0.3, 0.4) is 0 Å². The number of carbonyl (C=O) groups is 3. The third-order valence-corrected chi connectivity index (χ3v) is 13.3. The van der Waals surface area contributed by atoms with E-state index < -0.39 is 23.6 Å². The van der Waals surface area contributed by atoms with Crippen LogP contribution < -0.4 is 9.80 Å². The largest absolute Gasteiger partial charge is 0.508 e.